The Balaban J connectivity index is 2.28. The number of anilines is 1. The predicted molar refractivity (Wildman–Crippen MR) is 70.0 cm³/mol. The van der Waals surface area contributed by atoms with Gasteiger partial charge in [-0.3, -0.25) is 0 Å². The third-order valence-electron chi connectivity index (χ3n) is 3.40. The Labute approximate surface area is 114 Å². The molecule has 1 aliphatic heterocycles. The molecule has 1 aliphatic rings. The van der Waals surface area contributed by atoms with Crippen molar-refractivity contribution in [2.45, 2.75) is 25.6 Å². The molecule has 1 atom stereocenters. The molecule has 0 spiro atoms. The van der Waals surface area contributed by atoms with Crippen LogP contribution in [0.2, 0.25) is 0 Å². The van der Waals surface area contributed by atoms with Crippen LogP contribution in [0, 0.1) is 5.82 Å². The zero-order chi connectivity index (χ0) is 14.9. The van der Waals surface area contributed by atoms with Gasteiger partial charge < -0.3 is 10.6 Å². The molecule has 0 saturated carbocycles. The van der Waals surface area contributed by atoms with Gasteiger partial charge in [0.2, 0.25) is 0 Å². The molecular weight excluding hydrogens is 272 g/mol. The van der Waals surface area contributed by atoms with Gasteiger partial charge in [0.05, 0.1) is 0 Å². The van der Waals surface area contributed by atoms with Gasteiger partial charge in [0, 0.05) is 36.0 Å². The van der Waals surface area contributed by atoms with E-state index in [9.17, 15) is 17.6 Å². The van der Waals surface area contributed by atoms with Crippen LogP contribution in [0.5, 0.6) is 0 Å². The molecule has 0 aromatic heterocycles. The normalized spacial score (nSPS) is 17.9. The molecule has 0 fully saturated rings. The van der Waals surface area contributed by atoms with E-state index in [1.807, 2.05) is 0 Å². The minimum atomic E-state index is -4.28. The van der Waals surface area contributed by atoms with Crippen molar-refractivity contribution in [3.8, 4) is 0 Å². The molecule has 0 amide bonds. The quantitative estimate of drug-likeness (QED) is 0.666. The van der Waals surface area contributed by atoms with E-state index in [2.05, 4.69) is 0 Å². The number of rotatable bonds is 2. The van der Waals surface area contributed by atoms with E-state index < -0.39 is 23.6 Å². The monoisotopic (exact) mass is 288 g/mol. The van der Waals surface area contributed by atoms with E-state index in [0.717, 1.165) is 6.08 Å². The van der Waals surface area contributed by atoms with Gasteiger partial charge in [-0.15, -0.1) is 0 Å². The van der Waals surface area contributed by atoms with E-state index in [4.69, 9.17) is 5.73 Å². The Morgan fingerprint density at radius 1 is 1.30 bits per heavy atom. The van der Waals surface area contributed by atoms with E-state index >= 15 is 0 Å². The minimum Gasteiger partial charge on any atom is -0.367 e. The zero-order valence-electron chi connectivity index (χ0n) is 11.0. The van der Waals surface area contributed by atoms with Crippen molar-refractivity contribution >= 4 is 5.69 Å². The van der Waals surface area contributed by atoms with Gasteiger partial charge in [-0.2, -0.15) is 13.2 Å². The van der Waals surface area contributed by atoms with Crippen LogP contribution in [0.1, 0.15) is 24.9 Å². The third kappa shape index (κ3) is 2.95. The average Bonchev–Trinajstić information content (AvgIpc) is 2.37. The summed E-state index contributed by atoms with van der Waals surface area (Å²) >= 11 is 0. The Hall–Kier alpha value is -1.56. The summed E-state index contributed by atoms with van der Waals surface area (Å²) in [6.45, 7) is 1.97. The average molecular weight is 288 g/mol. The molecule has 0 radical (unpaired) electrons. The van der Waals surface area contributed by atoms with Gasteiger partial charge in [-0.1, -0.05) is 12.1 Å². The van der Waals surface area contributed by atoms with Crippen molar-refractivity contribution in [2.24, 2.45) is 5.73 Å². The first-order chi connectivity index (χ1) is 9.30. The maximum atomic E-state index is 13.8. The molecule has 1 aromatic rings. The van der Waals surface area contributed by atoms with Crippen molar-refractivity contribution < 1.29 is 17.6 Å². The molecule has 2 N–H and O–H groups in total. The second-order valence-electron chi connectivity index (χ2n) is 4.88. The summed E-state index contributed by atoms with van der Waals surface area (Å²) in [6.07, 6.45) is -3.23. The van der Waals surface area contributed by atoms with E-state index in [0.29, 0.717) is 11.3 Å². The van der Waals surface area contributed by atoms with Gasteiger partial charge in [-0.25, -0.2) is 4.39 Å². The van der Waals surface area contributed by atoms with Crippen LogP contribution in [0.15, 0.2) is 29.8 Å². The third-order valence-corrected chi connectivity index (χ3v) is 3.40. The molecule has 0 bridgehead atoms. The summed E-state index contributed by atoms with van der Waals surface area (Å²) in [5.41, 5.74) is 6.15. The highest BCUT2D eigenvalue weighted by molar-refractivity contribution is 5.56. The number of alkyl halides is 3. The maximum absolute atomic E-state index is 13.8. The first-order valence-electron chi connectivity index (χ1n) is 6.36. The number of halogens is 4. The van der Waals surface area contributed by atoms with Gasteiger partial charge in [0.1, 0.15) is 5.82 Å². The number of nitrogens with two attached hydrogens (primary N) is 1. The summed E-state index contributed by atoms with van der Waals surface area (Å²) in [5, 5.41) is 0. The van der Waals surface area contributed by atoms with Crippen LogP contribution in [-0.4, -0.2) is 19.3 Å². The van der Waals surface area contributed by atoms with Crippen molar-refractivity contribution in [2.75, 3.05) is 18.0 Å². The number of hydrogen-bond donors (Lipinski definition) is 1. The molecular formula is C14H16F4N2. The molecule has 0 aliphatic carbocycles. The summed E-state index contributed by atoms with van der Waals surface area (Å²) in [5.74, 6) is -0.428. The second-order valence-corrected chi connectivity index (χ2v) is 4.88. The van der Waals surface area contributed by atoms with E-state index in [1.54, 1.807) is 24.0 Å². The summed E-state index contributed by atoms with van der Waals surface area (Å²) in [4.78, 5) is 1.72. The fraction of sp³-hybridized carbons (Fsp3) is 0.429. The molecule has 6 heteroatoms. The van der Waals surface area contributed by atoms with Crippen molar-refractivity contribution in [1.82, 2.24) is 0 Å². The summed E-state index contributed by atoms with van der Waals surface area (Å²) < 4.78 is 51.5. The highest BCUT2D eigenvalue weighted by Crippen LogP contribution is 2.34. The zero-order valence-corrected chi connectivity index (χ0v) is 11.0. The van der Waals surface area contributed by atoms with Gasteiger partial charge >= 0.3 is 6.18 Å². The molecule has 0 unspecified atom stereocenters. The maximum Gasteiger partial charge on any atom is 0.412 e. The lowest BCUT2D eigenvalue weighted by Gasteiger charge is -2.31. The van der Waals surface area contributed by atoms with Crippen LogP contribution < -0.4 is 10.6 Å². The predicted octanol–water partition coefficient (Wildman–Crippen LogP) is 3.54. The van der Waals surface area contributed by atoms with Crippen LogP contribution in [-0.2, 0) is 0 Å². The topological polar surface area (TPSA) is 29.3 Å². The first-order valence-corrected chi connectivity index (χ1v) is 6.36. The van der Waals surface area contributed by atoms with Crippen LogP contribution in [0.25, 0.3) is 0 Å². The molecule has 1 aromatic carbocycles. The fourth-order valence-electron chi connectivity index (χ4n) is 2.40. The fourth-order valence-corrected chi connectivity index (χ4v) is 2.40. The molecule has 2 rings (SSSR count). The highest BCUT2D eigenvalue weighted by atomic mass is 19.4. The number of nitrogens with zero attached hydrogens (tertiary/aromatic N) is 1. The molecule has 1 heterocycles. The summed E-state index contributed by atoms with van der Waals surface area (Å²) in [6, 6.07) is 4.02. The largest absolute Gasteiger partial charge is 0.412 e. The molecule has 110 valence electrons. The van der Waals surface area contributed by atoms with Crippen molar-refractivity contribution in [3.63, 3.8) is 0 Å². The van der Waals surface area contributed by atoms with E-state index in [-0.39, 0.29) is 19.5 Å². The Bertz CT molecular complexity index is 520. The summed E-state index contributed by atoms with van der Waals surface area (Å²) in [7, 11) is 0. The smallest absolute Gasteiger partial charge is 0.367 e. The highest BCUT2D eigenvalue weighted by Gasteiger charge is 2.35. The lowest BCUT2D eigenvalue weighted by Crippen LogP contribution is -2.33. The Morgan fingerprint density at radius 3 is 2.50 bits per heavy atom. The van der Waals surface area contributed by atoms with Gasteiger partial charge in [-0.05, 0) is 25.5 Å². The molecule has 20 heavy (non-hydrogen) atoms. The molecule has 2 nitrogen and oxygen atoms in total. The van der Waals surface area contributed by atoms with Gasteiger partial charge in [0.15, 0.2) is 0 Å². The van der Waals surface area contributed by atoms with Crippen LogP contribution >= 0.6 is 0 Å². The van der Waals surface area contributed by atoms with Crippen LogP contribution in [0.3, 0.4) is 0 Å². The van der Waals surface area contributed by atoms with Crippen LogP contribution in [0.4, 0.5) is 23.2 Å². The number of benzene rings is 1. The second kappa shape index (κ2) is 5.44. The van der Waals surface area contributed by atoms with Crippen molar-refractivity contribution in [3.05, 3.63) is 41.2 Å². The van der Waals surface area contributed by atoms with Gasteiger partial charge in [0.25, 0.3) is 0 Å². The lowest BCUT2D eigenvalue weighted by atomic mass is 10.0. The lowest BCUT2D eigenvalue weighted by molar-refractivity contribution is -0.0944. The number of hydrogen-bond acceptors (Lipinski definition) is 2. The minimum absolute atomic E-state index is 0.0988. The Morgan fingerprint density at radius 2 is 2.00 bits per heavy atom. The van der Waals surface area contributed by atoms with Crippen molar-refractivity contribution in [1.29, 1.82) is 0 Å². The Kier molecular flexibility index (Phi) is 4.04. The standard InChI is InChI=1S/C14H16F4N2/c1-9(19)13-11(15)3-2-4-12(13)20-7-5-10(6-8-20)14(16,17)18/h2-5,9H,6-8,19H2,1H3/t9-/m0/s1. The first kappa shape index (κ1) is 14.8. The van der Waals surface area contributed by atoms with E-state index in [1.165, 1.54) is 6.07 Å². The SMILES string of the molecule is C[C@H](N)c1c(F)cccc1N1CC=C(C(F)(F)F)CC1. The molecule has 0 saturated heterocycles.